The highest BCUT2D eigenvalue weighted by Crippen LogP contribution is 2.18. The second kappa shape index (κ2) is 17.8. The fourth-order valence-corrected chi connectivity index (χ4v) is 3.35. The summed E-state index contributed by atoms with van der Waals surface area (Å²) in [5.41, 5.74) is 0. The van der Waals surface area contributed by atoms with E-state index in [4.69, 9.17) is 10.2 Å². The zero-order valence-corrected chi connectivity index (χ0v) is 16.3. The molecule has 0 saturated heterocycles. The Morgan fingerprint density at radius 3 is 1.40 bits per heavy atom. The molecule has 148 valence electrons. The molecule has 0 aromatic carbocycles. The van der Waals surface area contributed by atoms with E-state index in [0.717, 1.165) is 25.7 Å². The summed E-state index contributed by atoms with van der Waals surface area (Å²) in [4.78, 5) is 21.1. The second-order valence-electron chi connectivity index (χ2n) is 7.40. The molecule has 0 aromatic heterocycles. The predicted molar refractivity (Wildman–Crippen MR) is 103 cm³/mol. The first kappa shape index (κ1) is 23.9. The molecular weight excluding hydrogens is 316 g/mol. The highest BCUT2D eigenvalue weighted by molar-refractivity contribution is 5.67. The summed E-state index contributed by atoms with van der Waals surface area (Å²) in [7, 11) is 0. The molecule has 2 N–H and O–H groups in total. The largest absolute Gasteiger partial charge is 0.481 e. The molecule has 0 rings (SSSR count). The van der Waals surface area contributed by atoms with Gasteiger partial charge in [-0.2, -0.15) is 0 Å². The van der Waals surface area contributed by atoms with Gasteiger partial charge in [0.1, 0.15) is 0 Å². The minimum absolute atomic E-state index is 0.318. The first-order chi connectivity index (χ1) is 12.1. The molecule has 0 aliphatic carbocycles. The van der Waals surface area contributed by atoms with Crippen LogP contribution in [-0.4, -0.2) is 22.2 Å². The van der Waals surface area contributed by atoms with Crippen molar-refractivity contribution in [1.82, 2.24) is 0 Å². The normalized spacial score (nSPS) is 12.2. The van der Waals surface area contributed by atoms with Crippen molar-refractivity contribution >= 4 is 11.9 Å². The standard InChI is InChI=1S/C21H40O4/c1-2-19(18-21(24)25)16-14-12-10-8-6-4-3-5-7-9-11-13-15-17-20(22)23/h19H,2-18H2,1H3,(H,22,23)(H,24,25). The fourth-order valence-electron chi connectivity index (χ4n) is 3.35. The Kier molecular flexibility index (Phi) is 17.0. The Morgan fingerprint density at radius 2 is 1.04 bits per heavy atom. The Bertz CT molecular complexity index is 328. The summed E-state index contributed by atoms with van der Waals surface area (Å²) >= 11 is 0. The lowest BCUT2D eigenvalue weighted by molar-refractivity contribution is -0.138. The van der Waals surface area contributed by atoms with E-state index in [1.807, 2.05) is 0 Å². The quantitative estimate of drug-likeness (QED) is 0.262. The van der Waals surface area contributed by atoms with E-state index in [-0.39, 0.29) is 0 Å². The highest BCUT2D eigenvalue weighted by Gasteiger charge is 2.10. The van der Waals surface area contributed by atoms with Crippen molar-refractivity contribution in [3.05, 3.63) is 0 Å². The summed E-state index contributed by atoms with van der Waals surface area (Å²) in [5.74, 6) is -0.973. The van der Waals surface area contributed by atoms with Crippen molar-refractivity contribution in [2.24, 2.45) is 5.92 Å². The van der Waals surface area contributed by atoms with Crippen LogP contribution in [0, 0.1) is 5.92 Å². The Morgan fingerprint density at radius 1 is 0.640 bits per heavy atom. The Labute approximate surface area is 154 Å². The smallest absolute Gasteiger partial charge is 0.303 e. The van der Waals surface area contributed by atoms with E-state index < -0.39 is 11.9 Å². The molecule has 4 nitrogen and oxygen atoms in total. The lowest BCUT2D eigenvalue weighted by Gasteiger charge is -2.11. The van der Waals surface area contributed by atoms with Gasteiger partial charge < -0.3 is 10.2 Å². The fraction of sp³-hybridized carbons (Fsp3) is 0.905. The van der Waals surface area contributed by atoms with Crippen LogP contribution in [0.4, 0.5) is 0 Å². The summed E-state index contributed by atoms with van der Waals surface area (Å²) in [5, 5.41) is 17.4. The highest BCUT2D eigenvalue weighted by atomic mass is 16.4. The van der Waals surface area contributed by atoms with Crippen molar-refractivity contribution in [2.75, 3.05) is 0 Å². The van der Waals surface area contributed by atoms with E-state index >= 15 is 0 Å². The molecule has 0 heterocycles. The topological polar surface area (TPSA) is 74.6 Å². The molecular formula is C21H40O4. The summed E-state index contributed by atoms with van der Waals surface area (Å²) < 4.78 is 0. The minimum atomic E-state index is -0.676. The summed E-state index contributed by atoms with van der Waals surface area (Å²) in [6, 6.07) is 0. The Hall–Kier alpha value is -1.06. The molecule has 0 aromatic rings. The van der Waals surface area contributed by atoms with Crippen LogP contribution >= 0.6 is 0 Å². The third-order valence-electron chi connectivity index (χ3n) is 5.04. The van der Waals surface area contributed by atoms with E-state index in [0.29, 0.717) is 18.8 Å². The number of rotatable bonds is 19. The van der Waals surface area contributed by atoms with Gasteiger partial charge in [0.15, 0.2) is 0 Å². The molecule has 0 spiro atoms. The number of carboxylic acid groups (broad SMARTS) is 2. The van der Waals surface area contributed by atoms with Gasteiger partial charge in [0.25, 0.3) is 0 Å². The van der Waals surface area contributed by atoms with Gasteiger partial charge in [0, 0.05) is 12.8 Å². The number of aliphatic carboxylic acids is 2. The van der Waals surface area contributed by atoms with Crippen LogP contribution in [0.15, 0.2) is 0 Å². The van der Waals surface area contributed by atoms with Crippen molar-refractivity contribution in [3.63, 3.8) is 0 Å². The van der Waals surface area contributed by atoms with Gasteiger partial charge in [0.2, 0.25) is 0 Å². The van der Waals surface area contributed by atoms with Crippen LogP contribution in [0.5, 0.6) is 0 Å². The van der Waals surface area contributed by atoms with Crippen LogP contribution in [0.3, 0.4) is 0 Å². The second-order valence-corrected chi connectivity index (χ2v) is 7.40. The zero-order valence-electron chi connectivity index (χ0n) is 16.3. The van der Waals surface area contributed by atoms with Crippen molar-refractivity contribution in [3.8, 4) is 0 Å². The molecule has 0 amide bonds. The van der Waals surface area contributed by atoms with Gasteiger partial charge in [-0.3, -0.25) is 9.59 Å². The Balaban J connectivity index is 3.18. The van der Waals surface area contributed by atoms with Gasteiger partial charge in [0.05, 0.1) is 0 Å². The maximum absolute atomic E-state index is 10.7. The monoisotopic (exact) mass is 356 g/mol. The number of carbonyl (C=O) groups is 2. The summed E-state index contributed by atoms with van der Waals surface area (Å²) in [6.45, 7) is 2.09. The SMILES string of the molecule is CCC(CCCCCCCCCCCCCCCC(=O)O)CC(=O)O. The van der Waals surface area contributed by atoms with E-state index in [1.54, 1.807) is 0 Å². The van der Waals surface area contributed by atoms with Crippen LogP contribution in [-0.2, 0) is 9.59 Å². The lowest BCUT2D eigenvalue weighted by Crippen LogP contribution is -2.06. The molecule has 1 unspecified atom stereocenters. The predicted octanol–water partition coefficient (Wildman–Crippen LogP) is 6.42. The molecule has 0 aliphatic heterocycles. The molecule has 0 aliphatic rings. The van der Waals surface area contributed by atoms with Crippen LogP contribution in [0.1, 0.15) is 116 Å². The average molecular weight is 357 g/mol. The first-order valence-electron chi connectivity index (χ1n) is 10.5. The molecule has 1 atom stereocenters. The van der Waals surface area contributed by atoms with Crippen molar-refractivity contribution < 1.29 is 19.8 Å². The maximum Gasteiger partial charge on any atom is 0.303 e. The first-order valence-corrected chi connectivity index (χ1v) is 10.5. The molecule has 4 heteroatoms. The van der Waals surface area contributed by atoms with Gasteiger partial charge >= 0.3 is 11.9 Å². The molecule has 0 fully saturated rings. The number of hydrogen-bond acceptors (Lipinski definition) is 2. The maximum atomic E-state index is 10.7. The van der Waals surface area contributed by atoms with E-state index in [1.165, 1.54) is 70.6 Å². The van der Waals surface area contributed by atoms with Gasteiger partial charge in [-0.1, -0.05) is 90.4 Å². The van der Waals surface area contributed by atoms with Gasteiger partial charge in [-0.05, 0) is 18.8 Å². The number of unbranched alkanes of at least 4 members (excludes halogenated alkanes) is 12. The molecule has 25 heavy (non-hydrogen) atoms. The van der Waals surface area contributed by atoms with Gasteiger partial charge in [-0.15, -0.1) is 0 Å². The molecule has 0 radical (unpaired) electrons. The van der Waals surface area contributed by atoms with Crippen LogP contribution in [0.2, 0.25) is 0 Å². The molecule has 0 bridgehead atoms. The van der Waals surface area contributed by atoms with E-state index in [2.05, 4.69) is 6.92 Å². The van der Waals surface area contributed by atoms with Crippen molar-refractivity contribution in [1.29, 1.82) is 0 Å². The number of hydrogen-bond donors (Lipinski definition) is 2. The third kappa shape index (κ3) is 19.1. The summed E-state index contributed by atoms with van der Waals surface area (Å²) in [6.07, 6.45) is 18.6. The zero-order chi connectivity index (χ0) is 18.8. The van der Waals surface area contributed by atoms with Crippen LogP contribution < -0.4 is 0 Å². The third-order valence-corrected chi connectivity index (χ3v) is 5.04. The lowest BCUT2D eigenvalue weighted by atomic mass is 9.95. The molecule has 0 saturated carbocycles. The average Bonchev–Trinajstić information content (AvgIpc) is 2.56. The van der Waals surface area contributed by atoms with Gasteiger partial charge in [-0.25, -0.2) is 0 Å². The number of carboxylic acids is 2. The van der Waals surface area contributed by atoms with Crippen molar-refractivity contribution in [2.45, 2.75) is 116 Å². The van der Waals surface area contributed by atoms with E-state index in [9.17, 15) is 9.59 Å². The van der Waals surface area contributed by atoms with Crippen LogP contribution in [0.25, 0.3) is 0 Å². The minimum Gasteiger partial charge on any atom is -0.481 e.